The summed E-state index contributed by atoms with van der Waals surface area (Å²) in [6.45, 7) is 3.92. The minimum absolute atomic E-state index is 0.100. The highest BCUT2D eigenvalue weighted by Gasteiger charge is 2.19. The Kier molecular flexibility index (Phi) is 3.43. The number of hydrogen-bond donors (Lipinski definition) is 1. The Morgan fingerprint density at radius 2 is 1.73 bits per heavy atom. The van der Waals surface area contributed by atoms with Crippen molar-refractivity contribution >= 4 is 21.7 Å². The van der Waals surface area contributed by atoms with Crippen molar-refractivity contribution in [2.45, 2.75) is 24.2 Å². The lowest BCUT2D eigenvalue weighted by Crippen LogP contribution is -2.18. The van der Waals surface area contributed by atoms with Gasteiger partial charge < -0.3 is 0 Å². The molecule has 5 heteroatoms. The van der Waals surface area contributed by atoms with Gasteiger partial charge in [0.25, 0.3) is 10.1 Å². The van der Waals surface area contributed by atoms with Crippen molar-refractivity contribution in [1.29, 1.82) is 0 Å². The summed E-state index contributed by atoms with van der Waals surface area (Å²) in [7, 11) is -4.10. The maximum atomic E-state index is 10.8. The highest BCUT2D eigenvalue weighted by Crippen LogP contribution is 2.25. The number of alkyl halides is 1. The highest BCUT2D eigenvalue weighted by atomic mass is 35.5. The van der Waals surface area contributed by atoms with E-state index in [1.165, 1.54) is 12.1 Å². The maximum absolute atomic E-state index is 10.8. The van der Waals surface area contributed by atoms with Gasteiger partial charge in [-0.25, -0.2) is 0 Å². The van der Waals surface area contributed by atoms with Gasteiger partial charge in [-0.05, 0) is 17.7 Å². The van der Waals surface area contributed by atoms with Crippen LogP contribution in [0.2, 0.25) is 0 Å². The van der Waals surface area contributed by atoms with Crippen molar-refractivity contribution in [1.82, 2.24) is 0 Å². The molecule has 0 heterocycles. The summed E-state index contributed by atoms with van der Waals surface area (Å²) < 4.78 is 30.4. The smallest absolute Gasteiger partial charge is 0.282 e. The highest BCUT2D eigenvalue weighted by molar-refractivity contribution is 7.85. The van der Waals surface area contributed by atoms with Crippen LogP contribution in [0.5, 0.6) is 0 Å². The predicted octanol–water partition coefficient (Wildman–Crippen LogP) is 2.45. The van der Waals surface area contributed by atoms with Crippen molar-refractivity contribution in [3.05, 3.63) is 29.8 Å². The average Bonchev–Trinajstić information content (AvgIpc) is 2.17. The summed E-state index contributed by atoms with van der Waals surface area (Å²) in [5.74, 6) is 0.443. The van der Waals surface area contributed by atoms with Gasteiger partial charge in [0, 0.05) is 11.3 Å². The molecule has 0 amide bonds. The van der Waals surface area contributed by atoms with Crippen molar-refractivity contribution in [3.63, 3.8) is 0 Å². The second-order valence-electron chi connectivity index (χ2n) is 4.02. The van der Waals surface area contributed by atoms with E-state index >= 15 is 0 Å². The van der Waals surface area contributed by atoms with E-state index in [1.54, 1.807) is 12.1 Å². The van der Waals surface area contributed by atoms with Gasteiger partial charge in [-0.2, -0.15) is 8.42 Å². The molecule has 1 aromatic rings. The summed E-state index contributed by atoms with van der Waals surface area (Å²) in [4.78, 5) is -0.100. The molecule has 0 saturated heterocycles. The van der Waals surface area contributed by atoms with Crippen LogP contribution in [0.3, 0.4) is 0 Å². The molecule has 0 unspecified atom stereocenters. The summed E-state index contributed by atoms with van der Waals surface area (Å²) >= 11 is 5.79. The quantitative estimate of drug-likeness (QED) is 0.660. The average molecular weight is 249 g/mol. The molecule has 84 valence electrons. The first-order chi connectivity index (χ1) is 6.77. The molecule has 0 fully saturated rings. The Labute approximate surface area is 94.8 Å². The first kappa shape index (κ1) is 12.5. The zero-order valence-electron chi connectivity index (χ0n) is 8.57. The molecule has 0 radical (unpaired) electrons. The van der Waals surface area contributed by atoms with E-state index in [9.17, 15) is 8.42 Å². The third-order valence-corrected chi connectivity index (χ3v) is 3.80. The standard InChI is InChI=1S/C10H13ClO3S/c1-10(2,7-11)8-3-5-9(6-4-8)15(12,13)14/h3-6H,7H2,1-2H3,(H,12,13,14). The van der Waals surface area contributed by atoms with E-state index in [-0.39, 0.29) is 10.3 Å². The molecule has 0 aromatic heterocycles. The minimum atomic E-state index is -4.10. The maximum Gasteiger partial charge on any atom is 0.294 e. The van der Waals surface area contributed by atoms with Gasteiger partial charge in [0.05, 0.1) is 4.90 Å². The Bertz CT molecular complexity index is 434. The second-order valence-corrected chi connectivity index (χ2v) is 5.71. The molecular formula is C10H13ClO3S. The third-order valence-electron chi connectivity index (χ3n) is 2.27. The topological polar surface area (TPSA) is 54.4 Å². The van der Waals surface area contributed by atoms with Crippen molar-refractivity contribution < 1.29 is 13.0 Å². The lowest BCUT2D eigenvalue weighted by Gasteiger charge is -2.21. The molecule has 0 spiro atoms. The molecule has 15 heavy (non-hydrogen) atoms. The SMILES string of the molecule is CC(C)(CCl)c1ccc(S(=O)(=O)O)cc1. The number of hydrogen-bond acceptors (Lipinski definition) is 2. The van der Waals surface area contributed by atoms with Crippen LogP contribution in [0.25, 0.3) is 0 Å². The van der Waals surface area contributed by atoms with E-state index in [2.05, 4.69) is 0 Å². The molecule has 0 saturated carbocycles. The van der Waals surface area contributed by atoms with Crippen LogP contribution in [0.4, 0.5) is 0 Å². The molecule has 1 N–H and O–H groups in total. The van der Waals surface area contributed by atoms with Crippen LogP contribution in [0.1, 0.15) is 19.4 Å². The van der Waals surface area contributed by atoms with Crippen LogP contribution in [0.15, 0.2) is 29.2 Å². The Morgan fingerprint density at radius 3 is 2.07 bits per heavy atom. The number of rotatable bonds is 3. The van der Waals surface area contributed by atoms with E-state index in [1.807, 2.05) is 13.8 Å². The molecule has 0 bridgehead atoms. The van der Waals surface area contributed by atoms with E-state index in [0.29, 0.717) is 5.88 Å². The lowest BCUT2D eigenvalue weighted by molar-refractivity contribution is 0.483. The van der Waals surface area contributed by atoms with E-state index < -0.39 is 10.1 Å². The summed E-state index contributed by atoms with van der Waals surface area (Å²) in [6, 6.07) is 6.06. The van der Waals surface area contributed by atoms with E-state index in [0.717, 1.165) is 5.56 Å². The van der Waals surface area contributed by atoms with Crippen LogP contribution >= 0.6 is 11.6 Å². The van der Waals surface area contributed by atoms with Gasteiger partial charge in [-0.3, -0.25) is 4.55 Å². The molecule has 1 rings (SSSR count). The normalized spacial score (nSPS) is 12.8. The number of benzene rings is 1. The monoisotopic (exact) mass is 248 g/mol. The van der Waals surface area contributed by atoms with Gasteiger partial charge >= 0.3 is 0 Å². The van der Waals surface area contributed by atoms with Crippen LogP contribution in [0, 0.1) is 0 Å². The molecule has 0 aliphatic carbocycles. The second kappa shape index (κ2) is 4.12. The molecule has 3 nitrogen and oxygen atoms in total. The van der Waals surface area contributed by atoms with Crippen LogP contribution < -0.4 is 0 Å². The fourth-order valence-electron chi connectivity index (χ4n) is 1.16. The largest absolute Gasteiger partial charge is 0.294 e. The van der Waals surface area contributed by atoms with Crippen molar-refractivity contribution in [3.8, 4) is 0 Å². The van der Waals surface area contributed by atoms with Gasteiger partial charge in [0.1, 0.15) is 0 Å². The number of halogens is 1. The van der Waals surface area contributed by atoms with Gasteiger partial charge in [-0.1, -0.05) is 26.0 Å². The summed E-state index contributed by atoms with van der Waals surface area (Å²) in [6.07, 6.45) is 0. The molecule has 0 aliphatic heterocycles. The van der Waals surface area contributed by atoms with Crippen molar-refractivity contribution in [2.75, 3.05) is 5.88 Å². The van der Waals surface area contributed by atoms with Gasteiger partial charge in [-0.15, -0.1) is 11.6 Å². The van der Waals surface area contributed by atoms with Gasteiger partial charge in [0.2, 0.25) is 0 Å². The molecule has 0 aliphatic rings. The van der Waals surface area contributed by atoms with Gasteiger partial charge in [0.15, 0.2) is 0 Å². The fourth-order valence-corrected chi connectivity index (χ4v) is 1.79. The predicted molar refractivity (Wildman–Crippen MR) is 60.0 cm³/mol. The van der Waals surface area contributed by atoms with E-state index in [4.69, 9.17) is 16.2 Å². The third kappa shape index (κ3) is 2.93. The molecular weight excluding hydrogens is 236 g/mol. The van der Waals surface area contributed by atoms with Crippen LogP contribution in [-0.4, -0.2) is 18.9 Å². The summed E-state index contributed by atoms with van der Waals surface area (Å²) in [5.41, 5.74) is 0.726. The Morgan fingerprint density at radius 1 is 1.27 bits per heavy atom. The minimum Gasteiger partial charge on any atom is -0.282 e. The van der Waals surface area contributed by atoms with Crippen molar-refractivity contribution in [2.24, 2.45) is 0 Å². The Balaban J connectivity index is 3.12. The fraction of sp³-hybridized carbons (Fsp3) is 0.400. The molecule has 0 atom stereocenters. The van der Waals surface area contributed by atoms with Crippen LogP contribution in [-0.2, 0) is 15.5 Å². The first-order valence-electron chi connectivity index (χ1n) is 4.41. The Hall–Kier alpha value is -0.580. The lowest BCUT2D eigenvalue weighted by atomic mass is 9.87. The molecule has 1 aromatic carbocycles. The zero-order valence-corrected chi connectivity index (χ0v) is 10.1. The first-order valence-corrected chi connectivity index (χ1v) is 6.39. The zero-order chi connectivity index (χ0) is 11.7. The summed E-state index contributed by atoms with van der Waals surface area (Å²) in [5, 5.41) is 0.